The second kappa shape index (κ2) is 14.7. The third kappa shape index (κ3) is 8.42. The van der Waals surface area contributed by atoms with E-state index < -0.39 is 56.5 Å². The molecule has 1 aliphatic rings. The minimum atomic E-state index is -3.10. The van der Waals surface area contributed by atoms with Crippen LogP contribution >= 0.6 is 0 Å². The van der Waals surface area contributed by atoms with E-state index in [1.165, 1.54) is 16.7 Å². The Hall–Kier alpha value is -1.34. The molecule has 0 bridgehead atoms. The maximum absolute atomic E-state index is 3.10. The molecular formula is C48H82Si7. The fraction of sp³-hybridized carbons (Fsp3) is 0.542. The van der Waals surface area contributed by atoms with Gasteiger partial charge in [0.25, 0.3) is 0 Å². The number of aryl methyl sites for hydroxylation is 3. The van der Waals surface area contributed by atoms with Gasteiger partial charge in [-0.1, -0.05) is 229 Å². The van der Waals surface area contributed by atoms with Crippen molar-refractivity contribution in [3.05, 3.63) is 75.4 Å². The Morgan fingerprint density at radius 3 is 0.600 bits per heavy atom. The number of benzene rings is 3. The van der Waals surface area contributed by atoms with E-state index in [4.69, 9.17) is 0 Å². The van der Waals surface area contributed by atoms with Crippen LogP contribution in [0.2, 0.25) is 123 Å². The maximum atomic E-state index is 2.74. The molecule has 302 valence electrons. The van der Waals surface area contributed by atoms with Gasteiger partial charge in [-0.05, 0) is 59.6 Å². The van der Waals surface area contributed by atoms with Crippen molar-refractivity contribution in [1.82, 2.24) is 0 Å². The predicted octanol–water partition coefficient (Wildman–Crippen LogP) is 9.41. The smallest absolute Gasteiger partial charge is 0.0656 e. The molecule has 1 aliphatic carbocycles. The van der Waals surface area contributed by atoms with Crippen molar-refractivity contribution in [3.8, 4) is 0 Å². The van der Waals surface area contributed by atoms with E-state index >= 15 is 0 Å². The first-order valence-electron chi connectivity index (χ1n) is 21.3. The molecular weight excluding hydrogens is 773 g/mol. The predicted molar refractivity (Wildman–Crippen MR) is 277 cm³/mol. The van der Waals surface area contributed by atoms with Crippen LogP contribution in [0, 0.1) is 20.8 Å². The molecule has 0 atom stereocenters. The van der Waals surface area contributed by atoms with E-state index in [0.29, 0.717) is 5.54 Å². The van der Waals surface area contributed by atoms with Gasteiger partial charge in [0, 0.05) is 5.54 Å². The van der Waals surface area contributed by atoms with Crippen molar-refractivity contribution in [1.29, 1.82) is 0 Å². The molecule has 0 spiro atoms. The standard InChI is InChI=1S/C48H82Si7/c1-32-26-39(49(8,9)10)46(40(27-32)50(11,12)13)55(45-37(6)35(4)36(5)38(45)7,47-41(51(14,15)16)28-33(2)29-42(47)52(17,18)19)48-43(53(20,21)22)30-34(3)31-44(48)54(23,24)25/h26-31,45H,1-25H3. The minimum Gasteiger partial charge on any atom is -0.0656 e. The topological polar surface area (TPSA) is 0 Å². The van der Waals surface area contributed by atoms with Crippen LogP contribution in [0.4, 0.5) is 0 Å². The van der Waals surface area contributed by atoms with Crippen molar-refractivity contribution < 1.29 is 0 Å². The molecule has 0 radical (unpaired) electrons. The van der Waals surface area contributed by atoms with E-state index in [0.717, 1.165) is 0 Å². The van der Waals surface area contributed by atoms with Crippen molar-refractivity contribution in [2.24, 2.45) is 0 Å². The first kappa shape index (κ1) is 46.3. The minimum absolute atomic E-state index is 0.376. The normalized spacial score (nSPS) is 15.9. The molecule has 0 heterocycles. The average Bonchev–Trinajstić information content (AvgIpc) is 3.17. The first-order chi connectivity index (χ1) is 24.5. The summed E-state index contributed by atoms with van der Waals surface area (Å²) in [6.07, 6.45) is 0. The van der Waals surface area contributed by atoms with E-state index in [9.17, 15) is 0 Å². The van der Waals surface area contributed by atoms with Gasteiger partial charge in [-0.2, -0.15) is 0 Å². The zero-order chi connectivity index (χ0) is 42.6. The van der Waals surface area contributed by atoms with Crippen molar-refractivity contribution in [2.75, 3.05) is 0 Å². The van der Waals surface area contributed by atoms with Crippen LogP contribution in [0.25, 0.3) is 0 Å². The Bertz CT molecular complexity index is 1740. The molecule has 0 N–H and O–H groups in total. The van der Waals surface area contributed by atoms with Gasteiger partial charge in [-0.15, -0.1) is 0 Å². The monoisotopic (exact) mass is 854 g/mol. The number of hydrogen-bond acceptors (Lipinski definition) is 0. The molecule has 0 saturated heterocycles. The van der Waals surface area contributed by atoms with Gasteiger partial charge < -0.3 is 0 Å². The highest BCUT2D eigenvalue weighted by Crippen LogP contribution is 2.46. The van der Waals surface area contributed by atoms with Crippen molar-refractivity contribution in [2.45, 2.75) is 172 Å². The molecule has 0 aliphatic heterocycles. The van der Waals surface area contributed by atoms with Gasteiger partial charge >= 0.3 is 0 Å². The highest BCUT2D eigenvalue weighted by Gasteiger charge is 2.59. The van der Waals surface area contributed by atoms with E-state index in [1.807, 2.05) is 15.6 Å². The van der Waals surface area contributed by atoms with Gasteiger partial charge in [0.2, 0.25) is 0 Å². The van der Waals surface area contributed by atoms with Crippen LogP contribution in [-0.2, 0) is 0 Å². The fourth-order valence-corrected chi connectivity index (χ4v) is 36.3. The van der Waals surface area contributed by atoms with Gasteiger partial charge in [-0.3, -0.25) is 0 Å². The summed E-state index contributed by atoms with van der Waals surface area (Å²) >= 11 is 0. The highest BCUT2D eigenvalue weighted by molar-refractivity contribution is 7.25. The third-order valence-corrected chi connectivity index (χ3v) is 32.2. The molecule has 7 heteroatoms. The summed E-state index contributed by atoms with van der Waals surface area (Å²) in [6, 6.07) is 16.5. The van der Waals surface area contributed by atoms with Gasteiger partial charge in [0.15, 0.2) is 8.07 Å². The molecule has 0 nitrogen and oxygen atoms in total. The highest BCUT2D eigenvalue weighted by atomic mass is 28.3. The summed E-state index contributed by atoms with van der Waals surface area (Å²) in [6.45, 7) is 65.6. The number of hydrogen-bond donors (Lipinski definition) is 0. The largest absolute Gasteiger partial charge is 0.158 e. The third-order valence-electron chi connectivity index (χ3n) is 12.9. The van der Waals surface area contributed by atoms with E-state index in [-0.39, 0.29) is 0 Å². The zero-order valence-electron chi connectivity index (χ0n) is 40.5. The van der Waals surface area contributed by atoms with Gasteiger partial charge in [0.1, 0.15) is 0 Å². The Morgan fingerprint density at radius 1 is 0.291 bits per heavy atom. The summed E-state index contributed by atoms with van der Waals surface area (Å²) in [5, 5.41) is 16.3. The zero-order valence-corrected chi connectivity index (χ0v) is 47.5. The van der Waals surface area contributed by atoms with Gasteiger partial charge in [0.05, 0.1) is 48.4 Å². The second-order valence-corrected chi connectivity index (χ2v) is 58.0. The molecule has 0 saturated carbocycles. The van der Waals surface area contributed by atoms with E-state index in [1.54, 1.807) is 53.4 Å². The summed E-state index contributed by atoms with van der Waals surface area (Å²) in [5.74, 6) is 0. The lowest BCUT2D eigenvalue weighted by Gasteiger charge is -2.52. The SMILES string of the molecule is CC1=C(C)C([Si](c2c([Si](C)(C)C)cc(C)cc2[Si](C)(C)C)(c2c([Si](C)(C)C)cc(C)cc2[Si](C)(C)C)c2c([Si](C)(C)C)cc(C)cc2[Si](C)(C)C)C(C)=C1C. The van der Waals surface area contributed by atoms with Gasteiger partial charge in [-0.25, -0.2) is 0 Å². The second-order valence-electron chi connectivity index (χ2n) is 24.1. The molecule has 3 aromatic rings. The average molecular weight is 856 g/mol. The number of rotatable bonds is 10. The van der Waals surface area contributed by atoms with Crippen molar-refractivity contribution >= 4 is 103 Å². The molecule has 0 unspecified atom stereocenters. The Kier molecular flexibility index (Phi) is 12.4. The molecule has 4 rings (SSSR count). The lowest BCUT2D eigenvalue weighted by molar-refractivity contribution is 1.09. The molecule has 55 heavy (non-hydrogen) atoms. The van der Waals surface area contributed by atoms with Crippen LogP contribution in [-0.4, -0.2) is 56.5 Å². The molecule has 0 fully saturated rings. The first-order valence-corrected chi connectivity index (χ1v) is 44.4. The molecule has 0 amide bonds. The van der Waals surface area contributed by atoms with Crippen LogP contribution in [0.15, 0.2) is 58.7 Å². The Balaban J connectivity index is 2.85. The summed E-state index contributed by atoms with van der Waals surface area (Å²) < 4.78 is 0. The van der Waals surface area contributed by atoms with Crippen LogP contribution in [0.1, 0.15) is 44.4 Å². The molecule has 3 aromatic carbocycles. The van der Waals surface area contributed by atoms with Crippen LogP contribution in [0.3, 0.4) is 0 Å². The Morgan fingerprint density at radius 2 is 0.455 bits per heavy atom. The maximum Gasteiger partial charge on any atom is 0.158 e. The summed E-state index contributed by atoms with van der Waals surface area (Å²) in [5.41, 5.74) is 11.2. The summed E-state index contributed by atoms with van der Waals surface area (Å²) in [4.78, 5) is 0. The fourth-order valence-electron chi connectivity index (χ4n) is 9.99. The lowest BCUT2D eigenvalue weighted by atomic mass is 10.1. The Labute approximate surface area is 348 Å². The van der Waals surface area contributed by atoms with E-state index in [2.05, 4.69) is 203 Å². The summed E-state index contributed by atoms with van der Waals surface area (Å²) in [7, 11) is -14.7. The van der Waals surface area contributed by atoms with Crippen LogP contribution in [0.5, 0.6) is 0 Å². The van der Waals surface area contributed by atoms with Crippen LogP contribution < -0.4 is 46.7 Å². The molecule has 0 aromatic heterocycles. The van der Waals surface area contributed by atoms with Crippen molar-refractivity contribution in [3.63, 3.8) is 0 Å². The number of allylic oxidation sites excluding steroid dienone is 4. The lowest BCUT2D eigenvalue weighted by Crippen LogP contribution is -2.90. The quantitative estimate of drug-likeness (QED) is 0.141.